The maximum Gasteiger partial charge on any atom is 0.228 e. The van der Waals surface area contributed by atoms with E-state index in [1.807, 2.05) is 16.3 Å². The molecule has 1 aliphatic heterocycles. The Morgan fingerprint density at radius 1 is 1.07 bits per heavy atom. The van der Waals surface area contributed by atoms with Crippen molar-refractivity contribution in [3.8, 4) is 10.6 Å². The minimum Gasteiger partial charge on any atom is -0.340 e. The van der Waals surface area contributed by atoms with Crippen LogP contribution in [0.5, 0.6) is 0 Å². The van der Waals surface area contributed by atoms with Gasteiger partial charge in [-0.05, 0) is 17.0 Å². The van der Waals surface area contributed by atoms with E-state index in [9.17, 15) is 4.79 Å². The first-order chi connectivity index (χ1) is 13.8. The van der Waals surface area contributed by atoms with Crippen LogP contribution in [0.25, 0.3) is 16.6 Å². The number of thiophene rings is 1. The maximum atomic E-state index is 12.6. The molecule has 1 aromatic carbocycles. The lowest BCUT2D eigenvalue weighted by Crippen LogP contribution is -2.49. The third-order valence-corrected chi connectivity index (χ3v) is 6.47. The molecule has 0 bridgehead atoms. The molecule has 1 saturated heterocycles. The number of nitrogens with zero attached hydrogens (tertiary/aromatic N) is 3. The average Bonchev–Trinajstić information content (AvgIpc) is 3.41. The van der Waals surface area contributed by atoms with Gasteiger partial charge in [-0.3, -0.25) is 9.69 Å². The van der Waals surface area contributed by atoms with Gasteiger partial charge < -0.3 is 4.90 Å². The lowest BCUT2D eigenvalue weighted by atomic mass is 10.2. The summed E-state index contributed by atoms with van der Waals surface area (Å²) in [7, 11) is 0. The molecule has 0 radical (unpaired) electrons. The Balaban J connectivity index is 1.23. The highest BCUT2D eigenvalue weighted by Gasteiger charge is 2.21. The molecule has 0 atom stereocenters. The van der Waals surface area contributed by atoms with Crippen LogP contribution in [-0.2, 0) is 11.2 Å². The Kier molecular flexibility index (Phi) is 6.31. The molecule has 4 rings (SSSR count). The second-order valence-corrected chi connectivity index (χ2v) is 8.47. The number of carbonyl (C=O) groups is 1. The molecule has 2 aromatic heterocycles. The van der Waals surface area contributed by atoms with E-state index in [0.717, 1.165) is 49.0 Å². The van der Waals surface area contributed by atoms with Gasteiger partial charge in [-0.2, -0.15) is 11.3 Å². The Morgan fingerprint density at radius 3 is 2.64 bits per heavy atom. The molecule has 0 N–H and O–H groups in total. The van der Waals surface area contributed by atoms with Crippen molar-refractivity contribution in [1.82, 2.24) is 14.8 Å². The summed E-state index contributed by atoms with van der Waals surface area (Å²) < 4.78 is 0. The fraction of sp³-hybridized carbons (Fsp3) is 0.273. The first kappa shape index (κ1) is 19.1. The minimum absolute atomic E-state index is 0.182. The maximum absolute atomic E-state index is 12.6. The van der Waals surface area contributed by atoms with E-state index in [2.05, 4.69) is 63.1 Å². The summed E-state index contributed by atoms with van der Waals surface area (Å²) in [5, 5.41) is 7.15. The second kappa shape index (κ2) is 9.28. The van der Waals surface area contributed by atoms with Gasteiger partial charge in [0.25, 0.3) is 0 Å². The summed E-state index contributed by atoms with van der Waals surface area (Å²) in [6.45, 7) is 4.34. The third kappa shape index (κ3) is 4.95. The number of carbonyl (C=O) groups excluding carboxylic acids is 1. The summed E-state index contributed by atoms with van der Waals surface area (Å²) in [5.74, 6) is 0.182. The standard InChI is InChI=1S/C22H23N3OS2/c26-21(15-20-17-28-22(23-20)19-8-14-27-16-19)25-12-10-24(11-13-25)9-4-7-18-5-2-1-3-6-18/h1-8,14,16-17H,9-13,15H2/b7-4+. The highest BCUT2D eigenvalue weighted by atomic mass is 32.1. The van der Waals surface area contributed by atoms with Crippen LogP contribution in [0.15, 0.2) is 58.6 Å². The van der Waals surface area contributed by atoms with Gasteiger partial charge in [0, 0.05) is 49.0 Å². The van der Waals surface area contributed by atoms with Crippen molar-refractivity contribution in [3.63, 3.8) is 0 Å². The predicted octanol–water partition coefficient (Wildman–Crippen LogP) is 4.27. The Hall–Kier alpha value is -2.28. The van der Waals surface area contributed by atoms with Crippen LogP contribution in [0.4, 0.5) is 0 Å². The number of aromatic nitrogens is 1. The average molecular weight is 410 g/mol. The fourth-order valence-corrected chi connectivity index (χ4v) is 4.79. The van der Waals surface area contributed by atoms with Crippen molar-refractivity contribution in [3.05, 3.63) is 69.9 Å². The number of rotatable bonds is 6. The van der Waals surface area contributed by atoms with Gasteiger partial charge in [-0.25, -0.2) is 4.98 Å². The lowest BCUT2D eigenvalue weighted by molar-refractivity contribution is -0.132. The molecule has 0 aliphatic carbocycles. The Morgan fingerprint density at radius 2 is 1.89 bits per heavy atom. The van der Waals surface area contributed by atoms with Gasteiger partial charge in [-0.15, -0.1) is 11.3 Å². The van der Waals surface area contributed by atoms with Crippen molar-refractivity contribution in [2.45, 2.75) is 6.42 Å². The topological polar surface area (TPSA) is 36.4 Å². The van der Waals surface area contributed by atoms with E-state index >= 15 is 0 Å². The first-order valence-corrected chi connectivity index (χ1v) is 11.3. The molecule has 0 spiro atoms. The van der Waals surface area contributed by atoms with Crippen LogP contribution in [0.2, 0.25) is 0 Å². The second-order valence-electron chi connectivity index (χ2n) is 6.83. The molecule has 144 valence electrons. The number of thiazole rings is 1. The van der Waals surface area contributed by atoms with Crippen molar-refractivity contribution in [1.29, 1.82) is 0 Å². The third-order valence-electron chi connectivity index (χ3n) is 4.85. The smallest absolute Gasteiger partial charge is 0.228 e. The molecule has 1 amide bonds. The lowest BCUT2D eigenvalue weighted by Gasteiger charge is -2.34. The van der Waals surface area contributed by atoms with Crippen LogP contribution in [-0.4, -0.2) is 53.4 Å². The highest BCUT2D eigenvalue weighted by Crippen LogP contribution is 2.26. The summed E-state index contributed by atoms with van der Waals surface area (Å²) >= 11 is 3.28. The van der Waals surface area contributed by atoms with E-state index in [4.69, 9.17) is 0 Å². The number of hydrogen-bond donors (Lipinski definition) is 0. The normalized spacial score (nSPS) is 15.4. The first-order valence-electron chi connectivity index (χ1n) is 9.46. The molecule has 0 unspecified atom stereocenters. The minimum atomic E-state index is 0.182. The Bertz CT molecular complexity index is 910. The molecule has 3 heterocycles. The number of hydrogen-bond acceptors (Lipinski definition) is 5. The van der Waals surface area contributed by atoms with E-state index < -0.39 is 0 Å². The van der Waals surface area contributed by atoms with Crippen LogP contribution < -0.4 is 0 Å². The molecule has 28 heavy (non-hydrogen) atoms. The van der Waals surface area contributed by atoms with Gasteiger partial charge in [0.1, 0.15) is 5.01 Å². The van der Waals surface area contributed by atoms with E-state index in [1.54, 1.807) is 22.7 Å². The van der Waals surface area contributed by atoms with Gasteiger partial charge in [0.2, 0.25) is 5.91 Å². The predicted molar refractivity (Wildman–Crippen MR) is 118 cm³/mol. The van der Waals surface area contributed by atoms with Gasteiger partial charge in [-0.1, -0.05) is 42.5 Å². The number of piperazine rings is 1. The van der Waals surface area contributed by atoms with E-state index in [0.29, 0.717) is 6.42 Å². The van der Waals surface area contributed by atoms with Crippen LogP contribution in [0.1, 0.15) is 11.3 Å². The summed E-state index contributed by atoms with van der Waals surface area (Å²) in [5.41, 5.74) is 3.25. The molecule has 1 fully saturated rings. The Labute approximate surface area is 173 Å². The molecular formula is C22H23N3OS2. The summed E-state index contributed by atoms with van der Waals surface area (Å²) in [6.07, 6.45) is 4.76. The van der Waals surface area contributed by atoms with E-state index in [1.165, 1.54) is 5.56 Å². The van der Waals surface area contributed by atoms with Crippen LogP contribution in [0, 0.1) is 0 Å². The zero-order valence-electron chi connectivity index (χ0n) is 15.7. The van der Waals surface area contributed by atoms with Gasteiger partial charge >= 0.3 is 0 Å². The summed E-state index contributed by atoms with van der Waals surface area (Å²) in [4.78, 5) is 21.6. The highest BCUT2D eigenvalue weighted by molar-refractivity contribution is 7.14. The molecule has 4 nitrogen and oxygen atoms in total. The monoisotopic (exact) mass is 409 g/mol. The number of amides is 1. The van der Waals surface area contributed by atoms with E-state index in [-0.39, 0.29) is 5.91 Å². The molecule has 0 saturated carbocycles. The molecule has 3 aromatic rings. The van der Waals surface area contributed by atoms with Crippen LogP contribution >= 0.6 is 22.7 Å². The van der Waals surface area contributed by atoms with Gasteiger partial charge in [0.05, 0.1) is 12.1 Å². The van der Waals surface area contributed by atoms with Crippen molar-refractivity contribution >= 4 is 34.7 Å². The molecule has 1 aliphatic rings. The number of benzene rings is 1. The van der Waals surface area contributed by atoms with Crippen molar-refractivity contribution in [2.75, 3.05) is 32.7 Å². The largest absolute Gasteiger partial charge is 0.340 e. The van der Waals surface area contributed by atoms with Gasteiger partial charge in [0.15, 0.2) is 0 Å². The zero-order chi connectivity index (χ0) is 19.2. The zero-order valence-corrected chi connectivity index (χ0v) is 17.3. The molecule has 6 heteroatoms. The van der Waals surface area contributed by atoms with Crippen molar-refractivity contribution < 1.29 is 4.79 Å². The summed E-state index contributed by atoms with van der Waals surface area (Å²) in [6, 6.07) is 12.4. The quantitative estimate of drug-likeness (QED) is 0.610. The SMILES string of the molecule is O=C(Cc1csc(-c2ccsc2)n1)N1CCN(C/C=C/c2ccccc2)CC1. The van der Waals surface area contributed by atoms with Crippen molar-refractivity contribution in [2.24, 2.45) is 0 Å². The molecular weight excluding hydrogens is 386 g/mol. The fourth-order valence-electron chi connectivity index (χ4n) is 3.26. The van der Waals surface area contributed by atoms with Crippen LogP contribution in [0.3, 0.4) is 0 Å².